The SMILES string of the molecule is Nc1c2c(nn1-c1ccc(Br)cc1)CNC2. The Bertz CT molecular complexity index is 530. The lowest BCUT2D eigenvalue weighted by Gasteiger charge is -2.05. The van der Waals surface area contributed by atoms with Crippen LogP contribution in [0, 0.1) is 0 Å². The fourth-order valence-corrected chi connectivity index (χ4v) is 2.19. The van der Waals surface area contributed by atoms with Gasteiger partial charge in [0.15, 0.2) is 0 Å². The van der Waals surface area contributed by atoms with Crippen molar-refractivity contribution < 1.29 is 0 Å². The third-order valence-corrected chi connectivity index (χ3v) is 3.30. The number of hydrogen-bond acceptors (Lipinski definition) is 3. The largest absolute Gasteiger partial charge is 0.383 e. The third-order valence-electron chi connectivity index (χ3n) is 2.77. The van der Waals surface area contributed by atoms with Crippen molar-refractivity contribution in [3.8, 4) is 5.69 Å². The van der Waals surface area contributed by atoms with Crippen LogP contribution in [0.1, 0.15) is 11.3 Å². The van der Waals surface area contributed by atoms with Gasteiger partial charge in [0, 0.05) is 23.1 Å². The minimum absolute atomic E-state index is 0.738. The molecule has 0 bridgehead atoms. The van der Waals surface area contributed by atoms with Crippen molar-refractivity contribution in [3.63, 3.8) is 0 Å². The second-order valence-corrected chi connectivity index (χ2v) is 4.72. The highest BCUT2D eigenvalue weighted by molar-refractivity contribution is 9.10. The van der Waals surface area contributed by atoms with Crippen LogP contribution in [0.2, 0.25) is 0 Å². The molecule has 5 heteroatoms. The van der Waals surface area contributed by atoms with E-state index >= 15 is 0 Å². The molecule has 2 heterocycles. The molecule has 3 N–H and O–H groups in total. The van der Waals surface area contributed by atoms with Crippen LogP contribution in [-0.2, 0) is 13.1 Å². The van der Waals surface area contributed by atoms with E-state index in [9.17, 15) is 0 Å². The number of benzene rings is 1. The highest BCUT2D eigenvalue weighted by atomic mass is 79.9. The summed E-state index contributed by atoms with van der Waals surface area (Å²) in [6.45, 7) is 1.63. The first-order valence-electron chi connectivity index (χ1n) is 5.08. The van der Waals surface area contributed by atoms with Crippen LogP contribution >= 0.6 is 15.9 Å². The number of nitrogens with one attached hydrogen (secondary N) is 1. The fraction of sp³-hybridized carbons (Fsp3) is 0.182. The number of rotatable bonds is 1. The Labute approximate surface area is 102 Å². The van der Waals surface area contributed by atoms with Crippen molar-refractivity contribution in [2.24, 2.45) is 0 Å². The van der Waals surface area contributed by atoms with Gasteiger partial charge in [0.2, 0.25) is 0 Å². The number of nitrogen functional groups attached to an aromatic ring is 1. The van der Waals surface area contributed by atoms with Gasteiger partial charge < -0.3 is 11.1 Å². The first-order chi connectivity index (χ1) is 7.75. The molecule has 0 spiro atoms. The van der Waals surface area contributed by atoms with Crippen LogP contribution in [-0.4, -0.2) is 9.78 Å². The maximum Gasteiger partial charge on any atom is 0.132 e. The van der Waals surface area contributed by atoms with Crippen molar-refractivity contribution in [1.29, 1.82) is 0 Å². The molecule has 0 atom stereocenters. The van der Waals surface area contributed by atoms with E-state index in [0.29, 0.717) is 0 Å². The molecular weight excluding hydrogens is 268 g/mol. The lowest BCUT2D eigenvalue weighted by atomic mass is 10.3. The highest BCUT2D eigenvalue weighted by Crippen LogP contribution is 2.25. The summed E-state index contributed by atoms with van der Waals surface area (Å²) in [5, 5.41) is 7.74. The summed E-state index contributed by atoms with van der Waals surface area (Å²) < 4.78 is 2.86. The smallest absolute Gasteiger partial charge is 0.132 e. The van der Waals surface area contributed by atoms with Gasteiger partial charge in [-0.25, -0.2) is 4.68 Å². The van der Waals surface area contributed by atoms with E-state index in [1.165, 1.54) is 0 Å². The number of anilines is 1. The van der Waals surface area contributed by atoms with Gasteiger partial charge in [-0.3, -0.25) is 0 Å². The van der Waals surface area contributed by atoms with Crippen LogP contribution in [0.25, 0.3) is 5.69 Å². The second-order valence-electron chi connectivity index (χ2n) is 3.80. The Kier molecular flexibility index (Phi) is 2.22. The molecule has 1 aromatic heterocycles. The standard InChI is InChI=1S/C11H11BrN4/c12-7-1-3-8(4-2-7)16-11(13)9-5-14-6-10(9)15-16/h1-4,14H,5-6,13H2. The van der Waals surface area contributed by atoms with Crippen molar-refractivity contribution in [1.82, 2.24) is 15.1 Å². The minimum atomic E-state index is 0.738. The summed E-state index contributed by atoms with van der Waals surface area (Å²) in [6.07, 6.45) is 0. The van der Waals surface area contributed by atoms with Crippen LogP contribution in [0.15, 0.2) is 28.7 Å². The Balaban J connectivity index is 2.10. The predicted molar refractivity (Wildman–Crippen MR) is 66.2 cm³/mol. The van der Waals surface area contributed by atoms with E-state index < -0.39 is 0 Å². The molecule has 3 rings (SSSR count). The highest BCUT2D eigenvalue weighted by Gasteiger charge is 2.20. The van der Waals surface area contributed by atoms with E-state index in [0.717, 1.165) is 40.3 Å². The average molecular weight is 279 g/mol. The monoisotopic (exact) mass is 278 g/mol. The van der Waals surface area contributed by atoms with Crippen molar-refractivity contribution >= 4 is 21.7 Å². The Morgan fingerprint density at radius 2 is 2.00 bits per heavy atom. The number of nitrogens with zero attached hydrogens (tertiary/aromatic N) is 2. The zero-order valence-electron chi connectivity index (χ0n) is 8.57. The lowest BCUT2D eigenvalue weighted by molar-refractivity contribution is 0.725. The van der Waals surface area contributed by atoms with Gasteiger partial charge in [-0.2, -0.15) is 5.10 Å². The third kappa shape index (κ3) is 1.44. The molecule has 0 fully saturated rings. The van der Waals surface area contributed by atoms with Crippen molar-refractivity contribution in [2.75, 3.05) is 5.73 Å². The number of nitrogens with two attached hydrogens (primary N) is 1. The number of fused-ring (bicyclic) bond motifs is 1. The van der Waals surface area contributed by atoms with Gasteiger partial charge in [-0.15, -0.1) is 0 Å². The summed E-state index contributed by atoms with van der Waals surface area (Å²) >= 11 is 3.41. The summed E-state index contributed by atoms with van der Waals surface area (Å²) in [6, 6.07) is 7.96. The van der Waals surface area contributed by atoms with Crippen molar-refractivity contribution in [3.05, 3.63) is 40.0 Å². The van der Waals surface area contributed by atoms with Gasteiger partial charge in [0.1, 0.15) is 5.82 Å². The first kappa shape index (κ1) is 9.86. The maximum absolute atomic E-state index is 6.07. The molecule has 1 aromatic carbocycles. The molecule has 4 nitrogen and oxygen atoms in total. The zero-order valence-corrected chi connectivity index (χ0v) is 10.2. The summed E-state index contributed by atoms with van der Waals surface area (Å²) in [5.41, 5.74) is 9.25. The van der Waals surface area contributed by atoms with E-state index in [1.807, 2.05) is 24.3 Å². The zero-order chi connectivity index (χ0) is 11.1. The lowest BCUT2D eigenvalue weighted by Crippen LogP contribution is -2.08. The summed E-state index contributed by atoms with van der Waals surface area (Å²) in [4.78, 5) is 0. The molecule has 0 amide bonds. The quantitative estimate of drug-likeness (QED) is 0.837. The minimum Gasteiger partial charge on any atom is -0.383 e. The van der Waals surface area contributed by atoms with Crippen LogP contribution < -0.4 is 11.1 Å². The first-order valence-corrected chi connectivity index (χ1v) is 5.88. The van der Waals surface area contributed by atoms with E-state index in [4.69, 9.17) is 5.73 Å². The normalized spacial score (nSPS) is 14.1. The van der Waals surface area contributed by atoms with Gasteiger partial charge in [0.05, 0.1) is 11.4 Å². The molecule has 2 aromatic rings. The van der Waals surface area contributed by atoms with Crippen LogP contribution in [0.3, 0.4) is 0 Å². The molecule has 0 saturated heterocycles. The molecular formula is C11H11BrN4. The number of halogens is 1. The topological polar surface area (TPSA) is 55.9 Å². The van der Waals surface area contributed by atoms with E-state index in [2.05, 4.69) is 26.3 Å². The Hall–Kier alpha value is -1.33. The summed E-state index contributed by atoms with van der Waals surface area (Å²) in [5.74, 6) is 0.738. The van der Waals surface area contributed by atoms with Gasteiger partial charge in [0.25, 0.3) is 0 Å². The molecule has 16 heavy (non-hydrogen) atoms. The van der Waals surface area contributed by atoms with E-state index in [-0.39, 0.29) is 0 Å². The average Bonchev–Trinajstić information content (AvgIpc) is 2.84. The second kappa shape index (κ2) is 3.61. The summed E-state index contributed by atoms with van der Waals surface area (Å²) in [7, 11) is 0. The molecule has 0 saturated carbocycles. The van der Waals surface area contributed by atoms with Crippen molar-refractivity contribution in [2.45, 2.75) is 13.1 Å². The molecule has 1 aliphatic rings. The molecule has 0 radical (unpaired) electrons. The van der Waals surface area contributed by atoms with Gasteiger partial charge in [-0.05, 0) is 24.3 Å². The Morgan fingerprint density at radius 3 is 2.69 bits per heavy atom. The number of aromatic nitrogens is 2. The fourth-order valence-electron chi connectivity index (χ4n) is 1.93. The molecule has 0 unspecified atom stereocenters. The predicted octanol–water partition coefficient (Wildman–Crippen LogP) is 1.82. The molecule has 0 aliphatic carbocycles. The molecule has 82 valence electrons. The van der Waals surface area contributed by atoms with E-state index in [1.54, 1.807) is 4.68 Å². The van der Waals surface area contributed by atoms with Gasteiger partial charge in [-0.1, -0.05) is 15.9 Å². The van der Waals surface area contributed by atoms with Crippen LogP contribution in [0.5, 0.6) is 0 Å². The number of hydrogen-bond donors (Lipinski definition) is 2. The van der Waals surface area contributed by atoms with Crippen LogP contribution in [0.4, 0.5) is 5.82 Å². The molecule has 1 aliphatic heterocycles. The van der Waals surface area contributed by atoms with Gasteiger partial charge >= 0.3 is 0 Å². The Morgan fingerprint density at radius 1 is 1.25 bits per heavy atom. The maximum atomic E-state index is 6.07.